The van der Waals surface area contributed by atoms with Gasteiger partial charge >= 0.3 is 5.97 Å². The van der Waals surface area contributed by atoms with Crippen LogP contribution in [0.25, 0.3) is 0 Å². The number of carbonyl (C=O) groups is 1. The number of aliphatic carboxylic acids is 1. The van der Waals surface area contributed by atoms with Crippen LogP contribution in [-0.2, 0) is 17.6 Å². The summed E-state index contributed by atoms with van der Waals surface area (Å²) < 4.78 is 4.31. The maximum atomic E-state index is 10.6. The first-order valence-electron chi connectivity index (χ1n) is 4.82. The van der Waals surface area contributed by atoms with Crippen LogP contribution in [0.5, 0.6) is 0 Å². The second kappa shape index (κ2) is 3.69. The minimum absolute atomic E-state index is 0.302. The van der Waals surface area contributed by atoms with Gasteiger partial charge in [0.05, 0.1) is 5.69 Å². The summed E-state index contributed by atoms with van der Waals surface area (Å²) in [5.74, 6) is -0.362. The molecular formula is C10H13NO2S. The molecule has 0 aliphatic heterocycles. The van der Waals surface area contributed by atoms with Crippen molar-refractivity contribution in [3.05, 3.63) is 16.1 Å². The third kappa shape index (κ3) is 1.80. The predicted octanol–water partition coefficient (Wildman–Crippen LogP) is 2.03. The van der Waals surface area contributed by atoms with Crippen LogP contribution >= 0.6 is 11.5 Å². The van der Waals surface area contributed by atoms with Crippen LogP contribution < -0.4 is 0 Å². The number of aromatic nitrogens is 1. The van der Waals surface area contributed by atoms with Gasteiger partial charge in [-0.25, -0.2) is 0 Å². The second-order valence-electron chi connectivity index (χ2n) is 3.88. The fraction of sp³-hybridized carbons (Fsp3) is 0.600. The van der Waals surface area contributed by atoms with Gasteiger partial charge in [-0.3, -0.25) is 4.79 Å². The lowest BCUT2D eigenvalue weighted by molar-refractivity contribution is -0.138. The van der Waals surface area contributed by atoms with Gasteiger partial charge in [0.25, 0.3) is 0 Å². The van der Waals surface area contributed by atoms with E-state index in [1.807, 2.05) is 6.92 Å². The number of carboxylic acid groups (broad SMARTS) is 1. The van der Waals surface area contributed by atoms with Crippen molar-refractivity contribution >= 4 is 17.5 Å². The zero-order valence-electron chi connectivity index (χ0n) is 8.12. The lowest BCUT2D eigenvalue weighted by atomic mass is 9.86. The van der Waals surface area contributed by atoms with Gasteiger partial charge in [-0.2, -0.15) is 4.37 Å². The van der Waals surface area contributed by atoms with Crippen molar-refractivity contribution in [2.24, 2.45) is 5.92 Å². The van der Waals surface area contributed by atoms with Gasteiger partial charge in [0, 0.05) is 11.3 Å². The fourth-order valence-electron chi connectivity index (χ4n) is 2.05. The first-order valence-corrected chi connectivity index (χ1v) is 5.60. The van der Waals surface area contributed by atoms with Crippen molar-refractivity contribution in [2.45, 2.75) is 32.6 Å². The fourth-order valence-corrected chi connectivity index (χ4v) is 3.08. The van der Waals surface area contributed by atoms with Gasteiger partial charge in [0.1, 0.15) is 0 Å². The van der Waals surface area contributed by atoms with Crippen molar-refractivity contribution in [3.63, 3.8) is 0 Å². The molecule has 0 bridgehead atoms. The van der Waals surface area contributed by atoms with E-state index in [-0.39, 0.29) is 0 Å². The van der Waals surface area contributed by atoms with E-state index in [4.69, 9.17) is 5.11 Å². The molecule has 0 aromatic carbocycles. The highest BCUT2D eigenvalue weighted by atomic mass is 32.1. The van der Waals surface area contributed by atoms with Gasteiger partial charge in [-0.05, 0) is 49.2 Å². The van der Waals surface area contributed by atoms with Gasteiger partial charge in [-0.1, -0.05) is 0 Å². The summed E-state index contributed by atoms with van der Waals surface area (Å²) in [6.45, 7) is 2.03. The molecule has 1 heterocycles. The standard InChI is InChI=1S/C10H13NO2S/c1-6-8-3-2-7(5-10(12)13)4-9(8)14-11-6/h7H,2-5H2,1H3,(H,12,13). The van der Waals surface area contributed by atoms with Gasteiger partial charge in [0.15, 0.2) is 0 Å². The molecule has 0 saturated heterocycles. The number of fused-ring (bicyclic) bond motifs is 1. The number of nitrogens with zero attached hydrogens (tertiary/aromatic N) is 1. The van der Waals surface area contributed by atoms with Crippen LogP contribution in [-0.4, -0.2) is 15.4 Å². The lowest BCUT2D eigenvalue weighted by Crippen LogP contribution is -2.16. The van der Waals surface area contributed by atoms with Crippen molar-refractivity contribution < 1.29 is 9.90 Å². The molecule has 0 amide bonds. The monoisotopic (exact) mass is 211 g/mol. The van der Waals surface area contributed by atoms with Crippen LogP contribution in [0, 0.1) is 12.8 Å². The van der Waals surface area contributed by atoms with Gasteiger partial charge in [-0.15, -0.1) is 0 Å². The van der Waals surface area contributed by atoms with E-state index in [0.717, 1.165) is 25.0 Å². The van der Waals surface area contributed by atoms with Crippen LogP contribution in [0.4, 0.5) is 0 Å². The SMILES string of the molecule is Cc1nsc2c1CCC(CC(=O)O)C2. The lowest BCUT2D eigenvalue weighted by Gasteiger charge is -2.19. The molecule has 1 aliphatic carbocycles. The minimum atomic E-state index is -0.681. The Morgan fingerprint density at radius 3 is 3.21 bits per heavy atom. The molecular weight excluding hydrogens is 198 g/mol. The van der Waals surface area contributed by atoms with E-state index in [1.54, 1.807) is 0 Å². The summed E-state index contributed by atoms with van der Waals surface area (Å²) in [7, 11) is 0. The topological polar surface area (TPSA) is 50.2 Å². The molecule has 14 heavy (non-hydrogen) atoms. The first-order chi connectivity index (χ1) is 6.66. The van der Waals surface area contributed by atoms with Crippen LogP contribution in [0.2, 0.25) is 0 Å². The van der Waals surface area contributed by atoms with E-state index in [2.05, 4.69) is 4.37 Å². The average molecular weight is 211 g/mol. The Hall–Kier alpha value is -0.900. The van der Waals surface area contributed by atoms with Crippen molar-refractivity contribution in [3.8, 4) is 0 Å². The largest absolute Gasteiger partial charge is 0.481 e. The molecule has 1 aromatic rings. The summed E-state index contributed by atoms with van der Waals surface area (Å²) in [4.78, 5) is 11.9. The molecule has 0 saturated carbocycles. The van der Waals surface area contributed by atoms with E-state index in [1.165, 1.54) is 22.0 Å². The van der Waals surface area contributed by atoms with Crippen LogP contribution in [0.1, 0.15) is 29.0 Å². The number of hydrogen-bond donors (Lipinski definition) is 1. The highest BCUT2D eigenvalue weighted by molar-refractivity contribution is 7.06. The molecule has 0 radical (unpaired) electrons. The maximum absolute atomic E-state index is 10.6. The number of aryl methyl sites for hydroxylation is 1. The Bertz CT molecular complexity index is 359. The Kier molecular flexibility index (Phi) is 2.54. The third-order valence-corrected chi connectivity index (χ3v) is 3.80. The highest BCUT2D eigenvalue weighted by Gasteiger charge is 2.23. The average Bonchev–Trinajstić information content (AvgIpc) is 2.46. The zero-order valence-corrected chi connectivity index (χ0v) is 8.93. The summed E-state index contributed by atoms with van der Waals surface area (Å²) in [6.07, 6.45) is 3.22. The molecule has 1 N–H and O–H groups in total. The normalized spacial score (nSPS) is 20.5. The smallest absolute Gasteiger partial charge is 0.303 e. The summed E-state index contributed by atoms with van der Waals surface area (Å²) in [5, 5.41) is 8.71. The van der Waals surface area contributed by atoms with Gasteiger partial charge in [0.2, 0.25) is 0 Å². The minimum Gasteiger partial charge on any atom is -0.481 e. The Morgan fingerprint density at radius 2 is 2.50 bits per heavy atom. The van der Waals surface area contributed by atoms with E-state index >= 15 is 0 Å². The summed E-state index contributed by atoms with van der Waals surface area (Å²) in [5.41, 5.74) is 2.51. The molecule has 0 fully saturated rings. The maximum Gasteiger partial charge on any atom is 0.303 e. The Labute approximate surface area is 86.9 Å². The highest BCUT2D eigenvalue weighted by Crippen LogP contribution is 2.31. The van der Waals surface area contributed by atoms with Crippen molar-refractivity contribution in [1.29, 1.82) is 0 Å². The van der Waals surface area contributed by atoms with Crippen molar-refractivity contribution in [2.75, 3.05) is 0 Å². The Balaban J connectivity index is 2.10. The number of carboxylic acids is 1. The summed E-state index contributed by atoms with van der Waals surface area (Å²) >= 11 is 1.54. The Morgan fingerprint density at radius 1 is 1.71 bits per heavy atom. The van der Waals surface area contributed by atoms with E-state index in [0.29, 0.717) is 12.3 Å². The number of rotatable bonds is 2. The summed E-state index contributed by atoms with van der Waals surface area (Å²) in [6, 6.07) is 0. The van der Waals surface area contributed by atoms with Crippen LogP contribution in [0.3, 0.4) is 0 Å². The number of hydrogen-bond acceptors (Lipinski definition) is 3. The van der Waals surface area contributed by atoms with E-state index in [9.17, 15) is 4.79 Å². The quantitative estimate of drug-likeness (QED) is 0.814. The van der Waals surface area contributed by atoms with Crippen molar-refractivity contribution in [1.82, 2.24) is 4.37 Å². The molecule has 1 atom stereocenters. The molecule has 2 rings (SSSR count). The third-order valence-electron chi connectivity index (χ3n) is 2.81. The first kappa shape index (κ1) is 9.65. The molecule has 76 valence electrons. The van der Waals surface area contributed by atoms with E-state index < -0.39 is 5.97 Å². The molecule has 3 nitrogen and oxygen atoms in total. The molecule has 1 aromatic heterocycles. The van der Waals surface area contributed by atoms with Gasteiger partial charge < -0.3 is 5.11 Å². The molecule has 0 spiro atoms. The zero-order chi connectivity index (χ0) is 10.1. The molecule has 1 aliphatic rings. The van der Waals surface area contributed by atoms with Crippen LogP contribution in [0.15, 0.2) is 0 Å². The predicted molar refractivity (Wildman–Crippen MR) is 54.6 cm³/mol. The molecule has 4 heteroatoms. The second-order valence-corrected chi connectivity index (χ2v) is 4.73. The molecule has 1 unspecified atom stereocenters.